The van der Waals surface area contributed by atoms with Crippen LogP contribution in [-0.4, -0.2) is 16.2 Å². The third kappa shape index (κ3) is 3.82. The molecule has 0 fully saturated rings. The lowest BCUT2D eigenvalue weighted by Gasteiger charge is -2.02. The molecule has 0 saturated heterocycles. The van der Waals surface area contributed by atoms with E-state index < -0.39 is 0 Å². The van der Waals surface area contributed by atoms with Gasteiger partial charge in [-0.25, -0.2) is 10.4 Å². The molecular weight excluding hydrogens is 299 g/mol. The molecule has 0 bridgehead atoms. The van der Waals surface area contributed by atoms with E-state index in [1.54, 1.807) is 18.2 Å². The van der Waals surface area contributed by atoms with E-state index in [1.165, 1.54) is 12.3 Å². The number of nitrogens with zero attached hydrogens (tertiary/aromatic N) is 2. The summed E-state index contributed by atoms with van der Waals surface area (Å²) in [6, 6.07) is 6.54. The molecule has 0 atom stereocenters. The number of H-pyrrole nitrogens is 1. The van der Waals surface area contributed by atoms with Crippen LogP contribution in [0.4, 0.5) is 5.95 Å². The van der Waals surface area contributed by atoms with Crippen LogP contribution in [0, 0.1) is 0 Å². The van der Waals surface area contributed by atoms with Crippen molar-refractivity contribution in [2.75, 3.05) is 5.43 Å². The SMILES string of the molecule is CCc1cc(=O)[nH]c(N/N=C\c2ccc(Cl)cc2Cl)n1. The highest BCUT2D eigenvalue weighted by Crippen LogP contribution is 2.19. The van der Waals surface area contributed by atoms with Gasteiger partial charge in [-0.05, 0) is 18.6 Å². The number of aryl methyl sites for hydroxylation is 1. The zero-order valence-corrected chi connectivity index (χ0v) is 12.2. The van der Waals surface area contributed by atoms with E-state index >= 15 is 0 Å². The fourth-order valence-electron chi connectivity index (χ4n) is 1.51. The third-order valence-electron chi connectivity index (χ3n) is 2.49. The van der Waals surface area contributed by atoms with E-state index in [2.05, 4.69) is 20.5 Å². The van der Waals surface area contributed by atoms with Crippen molar-refractivity contribution < 1.29 is 0 Å². The molecule has 2 rings (SSSR count). The number of aromatic amines is 1. The predicted octanol–water partition coefficient (Wildman–Crippen LogP) is 3.09. The zero-order chi connectivity index (χ0) is 14.5. The second kappa shape index (κ2) is 6.54. The van der Waals surface area contributed by atoms with E-state index in [9.17, 15) is 4.79 Å². The molecule has 0 amide bonds. The number of nitrogens with one attached hydrogen (secondary N) is 2. The first-order valence-corrected chi connectivity index (χ1v) is 6.68. The topological polar surface area (TPSA) is 70.1 Å². The summed E-state index contributed by atoms with van der Waals surface area (Å²) < 4.78 is 0. The molecular formula is C13H12Cl2N4O. The van der Waals surface area contributed by atoms with Crippen LogP contribution in [0.1, 0.15) is 18.2 Å². The van der Waals surface area contributed by atoms with Gasteiger partial charge < -0.3 is 0 Å². The van der Waals surface area contributed by atoms with E-state index in [0.717, 1.165) is 0 Å². The van der Waals surface area contributed by atoms with Crippen LogP contribution < -0.4 is 11.0 Å². The summed E-state index contributed by atoms with van der Waals surface area (Å²) in [5.41, 5.74) is 3.84. The molecule has 0 spiro atoms. The van der Waals surface area contributed by atoms with Gasteiger partial charge in [0.2, 0.25) is 5.95 Å². The summed E-state index contributed by atoms with van der Waals surface area (Å²) in [6.07, 6.45) is 2.20. The maximum Gasteiger partial charge on any atom is 0.252 e. The van der Waals surface area contributed by atoms with Gasteiger partial charge in [-0.2, -0.15) is 5.10 Å². The summed E-state index contributed by atoms with van der Waals surface area (Å²) in [6.45, 7) is 1.92. The first-order chi connectivity index (χ1) is 9.58. The highest BCUT2D eigenvalue weighted by atomic mass is 35.5. The molecule has 2 N–H and O–H groups in total. The fraction of sp³-hybridized carbons (Fsp3) is 0.154. The monoisotopic (exact) mass is 310 g/mol. The molecule has 0 radical (unpaired) electrons. The predicted molar refractivity (Wildman–Crippen MR) is 81.9 cm³/mol. The average molecular weight is 311 g/mol. The van der Waals surface area contributed by atoms with Crippen molar-refractivity contribution in [1.82, 2.24) is 9.97 Å². The van der Waals surface area contributed by atoms with Crippen molar-refractivity contribution in [3.05, 3.63) is 55.9 Å². The molecule has 2 aromatic rings. The van der Waals surface area contributed by atoms with Gasteiger partial charge >= 0.3 is 0 Å². The van der Waals surface area contributed by atoms with Gasteiger partial charge in [0.05, 0.1) is 11.2 Å². The van der Waals surface area contributed by atoms with Gasteiger partial charge in [0.1, 0.15) is 0 Å². The van der Waals surface area contributed by atoms with Gasteiger partial charge in [-0.3, -0.25) is 9.78 Å². The number of halogens is 2. The number of hydrogen-bond donors (Lipinski definition) is 2. The quantitative estimate of drug-likeness (QED) is 0.673. The summed E-state index contributed by atoms with van der Waals surface area (Å²) in [7, 11) is 0. The van der Waals surface area contributed by atoms with Crippen molar-refractivity contribution >= 4 is 35.4 Å². The van der Waals surface area contributed by atoms with E-state index in [4.69, 9.17) is 23.2 Å². The molecule has 1 aromatic heterocycles. The molecule has 7 heteroatoms. The first kappa shape index (κ1) is 14.6. The molecule has 0 saturated carbocycles. The Morgan fingerprint density at radius 3 is 2.90 bits per heavy atom. The van der Waals surface area contributed by atoms with Crippen LogP contribution in [0.15, 0.2) is 34.2 Å². The number of hydrazone groups is 1. The number of benzene rings is 1. The maximum atomic E-state index is 11.4. The second-order valence-corrected chi connectivity index (χ2v) is 4.82. The Labute approximate surface area is 125 Å². The summed E-state index contributed by atoms with van der Waals surface area (Å²) in [5.74, 6) is 0.288. The van der Waals surface area contributed by atoms with Gasteiger partial charge in [0.15, 0.2) is 0 Å². The van der Waals surface area contributed by atoms with Gasteiger partial charge in [-0.1, -0.05) is 36.2 Å². The largest absolute Gasteiger partial charge is 0.291 e. The normalized spacial score (nSPS) is 10.9. The molecule has 1 aromatic carbocycles. The van der Waals surface area contributed by atoms with Crippen LogP contribution in [0.2, 0.25) is 10.0 Å². The Balaban J connectivity index is 2.13. The zero-order valence-electron chi connectivity index (χ0n) is 10.7. The highest BCUT2D eigenvalue weighted by molar-refractivity contribution is 6.36. The standard InChI is InChI=1S/C13H12Cl2N4O/c1-2-10-6-12(20)18-13(17-10)19-16-7-8-3-4-9(14)5-11(8)15/h3-7H,2H2,1H3,(H2,17,18,19,20)/b16-7-. The van der Waals surface area contributed by atoms with Crippen molar-refractivity contribution in [3.8, 4) is 0 Å². The molecule has 1 heterocycles. The molecule has 0 aliphatic rings. The summed E-state index contributed by atoms with van der Waals surface area (Å²) in [5, 5.41) is 5.03. The van der Waals surface area contributed by atoms with Gasteiger partial charge in [-0.15, -0.1) is 0 Å². The lowest BCUT2D eigenvalue weighted by atomic mass is 10.2. The molecule has 0 aliphatic heterocycles. The molecule has 20 heavy (non-hydrogen) atoms. The van der Waals surface area contributed by atoms with Crippen LogP contribution in [0.3, 0.4) is 0 Å². The van der Waals surface area contributed by atoms with Crippen LogP contribution in [0.25, 0.3) is 0 Å². The molecule has 104 valence electrons. The fourth-order valence-corrected chi connectivity index (χ4v) is 1.97. The van der Waals surface area contributed by atoms with E-state index in [-0.39, 0.29) is 11.5 Å². The lowest BCUT2D eigenvalue weighted by molar-refractivity contribution is 0.974. The first-order valence-electron chi connectivity index (χ1n) is 5.93. The summed E-state index contributed by atoms with van der Waals surface area (Å²) in [4.78, 5) is 18.1. The van der Waals surface area contributed by atoms with Crippen molar-refractivity contribution in [1.29, 1.82) is 0 Å². The molecule has 0 aliphatic carbocycles. The average Bonchev–Trinajstić information content (AvgIpc) is 2.40. The van der Waals surface area contributed by atoms with Crippen molar-refractivity contribution in [2.45, 2.75) is 13.3 Å². The van der Waals surface area contributed by atoms with E-state index in [0.29, 0.717) is 27.7 Å². The van der Waals surface area contributed by atoms with Crippen molar-refractivity contribution in [3.63, 3.8) is 0 Å². The van der Waals surface area contributed by atoms with E-state index in [1.807, 2.05) is 6.92 Å². The minimum absolute atomic E-state index is 0.223. The minimum atomic E-state index is -0.223. The summed E-state index contributed by atoms with van der Waals surface area (Å²) >= 11 is 11.8. The second-order valence-electron chi connectivity index (χ2n) is 3.97. The smallest absolute Gasteiger partial charge is 0.252 e. The number of aromatic nitrogens is 2. The maximum absolute atomic E-state index is 11.4. The van der Waals surface area contributed by atoms with Crippen molar-refractivity contribution in [2.24, 2.45) is 5.10 Å². The Morgan fingerprint density at radius 1 is 1.40 bits per heavy atom. The Kier molecular flexibility index (Phi) is 4.76. The van der Waals surface area contributed by atoms with Crippen LogP contribution in [-0.2, 0) is 6.42 Å². The number of rotatable bonds is 4. The Morgan fingerprint density at radius 2 is 2.20 bits per heavy atom. The minimum Gasteiger partial charge on any atom is -0.291 e. The van der Waals surface area contributed by atoms with Crippen LogP contribution >= 0.6 is 23.2 Å². The molecule has 5 nitrogen and oxygen atoms in total. The third-order valence-corrected chi connectivity index (χ3v) is 3.06. The van der Waals surface area contributed by atoms with Crippen LogP contribution in [0.5, 0.6) is 0 Å². The highest BCUT2D eigenvalue weighted by Gasteiger charge is 2.00. The number of hydrogen-bond acceptors (Lipinski definition) is 4. The van der Waals surface area contributed by atoms with Gasteiger partial charge in [0.25, 0.3) is 5.56 Å². The molecule has 0 unspecified atom stereocenters. The van der Waals surface area contributed by atoms with Gasteiger partial charge in [0, 0.05) is 22.3 Å². The lowest BCUT2D eigenvalue weighted by Crippen LogP contribution is -2.11. The number of anilines is 1. The Hall–Kier alpha value is -1.85. The Bertz CT molecular complexity index is 697.